The Labute approximate surface area is 130 Å². The van der Waals surface area contributed by atoms with Crippen LogP contribution >= 0.6 is 27.3 Å². The van der Waals surface area contributed by atoms with Crippen molar-refractivity contribution in [2.75, 3.05) is 0 Å². The van der Waals surface area contributed by atoms with Crippen LogP contribution in [0.3, 0.4) is 0 Å². The summed E-state index contributed by atoms with van der Waals surface area (Å²) in [6.45, 7) is 0. The summed E-state index contributed by atoms with van der Waals surface area (Å²) in [5, 5.41) is 10.7. The van der Waals surface area contributed by atoms with Crippen LogP contribution in [0.15, 0.2) is 34.1 Å². The molecule has 0 aliphatic heterocycles. The number of carbonyl (C=O) groups is 1. The van der Waals surface area contributed by atoms with Crippen LogP contribution in [0.5, 0.6) is 0 Å². The predicted molar refractivity (Wildman–Crippen MR) is 79.6 cm³/mol. The molecule has 0 bridgehead atoms. The Morgan fingerprint density at radius 2 is 1.95 bits per heavy atom. The smallest absolute Gasteiger partial charge is 0.336 e. The minimum Gasteiger partial charge on any atom is -0.478 e. The van der Waals surface area contributed by atoms with Gasteiger partial charge in [-0.15, -0.1) is 11.3 Å². The molecule has 0 amide bonds. The quantitative estimate of drug-likeness (QED) is 0.711. The predicted octanol–water partition coefficient (Wildman–Crippen LogP) is 4.70. The van der Waals surface area contributed by atoms with Crippen molar-refractivity contribution in [1.29, 1.82) is 0 Å². The highest BCUT2D eigenvalue weighted by Gasteiger charge is 2.19. The van der Waals surface area contributed by atoms with Gasteiger partial charge >= 0.3 is 5.97 Å². The number of hydrogen-bond donors (Lipinski definition) is 1. The van der Waals surface area contributed by atoms with Crippen LogP contribution < -0.4 is 0 Å². The third-order valence-corrected chi connectivity index (χ3v) is 4.62. The van der Waals surface area contributed by atoms with E-state index < -0.39 is 17.6 Å². The first-order valence-corrected chi connectivity index (χ1v) is 7.41. The summed E-state index contributed by atoms with van der Waals surface area (Å²) in [6, 6.07) is 4.82. The number of carboxylic acids is 1. The Morgan fingerprint density at radius 1 is 1.24 bits per heavy atom. The Balaban J connectivity index is 2.40. The largest absolute Gasteiger partial charge is 0.478 e. The highest BCUT2D eigenvalue weighted by Crippen LogP contribution is 2.32. The van der Waals surface area contributed by atoms with Crippen molar-refractivity contribution < 1.29 is 18.7 Å². The second-order valence-electron chi connectivity index (χ2n) is 4.24. The van der Waals surface area contributed by atoms with E-state index in [-0.39, 0.29) is 16.5 Å². The van der Waals surface area contributed by atoms with E-state index in [0.717, 1.165) is 16.6 Å². The third kappa shape index (κ3) is 2.43. The van der Waals surface area contributed by atoms with Gasteiger partial charge in [0.05, 0.1) is 21.5 Å². The summed E-state index contributed by atoms with van der Waals surface area (Å²) in [5.74, 6) is -2.90. The summed E-state index contributed by atoms with van der Waals surface area (Å²) < 4.78 is 28.5. The number of rotatable bonds is 2. The molecule has 3 aromatic rings. The Hall–Kier alpha value is -1.86. The number of pyridine rings is 1. The van der Waals surface area contributed by atoms with Gasteiger partial charge in [0.2, 0.25) is 0 Å². The van der Waals surface area contributed by atoms with Crippen molar-refractivity contribution in [3.05, 3.63) is 51.3 Å². The number of carboxylic acid groups (broad SMARTS) is 1. The molecule has 7 heteroatoms. The highest BCUT2D eigenvalue weighted by atomic mass is 79.9. The second-order valence-corrected chi connectivity index (χ2v) is 6.07. The molecular weight excluding hydrogens is 364 g/mol. The number of nitrogens with zero attached hydrogens (tertiary/aromatic N) is 1. The van der Waals surface area contributed by atoms with Crippen LogP contribution in [-0.4, -0.2) is 16.1 Å². The van der Waals surface area contributed by atoms with Crippen LogP contribution in [0.1, 0.15) is 10.4 Å². The molecule has 0 fully saturated rings. The lowest BCUT2D eigenvalue weighted by Crippen LogP contribution is -2.03. The molecule has 0 spiro atoms. The second kappa shape index (κ2) is 5.16. The summed E-state index contributed by atoms with van der Waals surface area (Å²) in [5.41, 5.74) is -0.300. The maximum atomic E-state index is 13.9. The van der Waals surface area contributed by atoms with E-state index in [9.17, 15) is 18.7 Å². The topological polar surface area (TPSA) is 50.2 Å². The number of aromatic carboxylic acids is 1. The average molecular weight is 370 g/mol. The fourth-order valence-electron chi connectivity index (χ4n) is 2.01. The minimum atomic E-state index is -1.33. The van der Waals surface area contributed by atoms with Crippen molar-refractivity contribution in [2.45, 2.75) is 0 Å². The SMILES string of the molecule is O=C(O)c1cc(-c2cc(Br)cs2)nc2c(F)ccc(F)c12. The zero-order chi connectivity index (χ0) is 15.1. The molecule has 3 rings (SSSR count). The molecule has 0 unspecified atom stereocenters. The molecule has 0 aliphatic rings. The van der Waals surface area contributed by atoms with E-state index in [0.29, 0.717) is 10.6 Å². The fourth-order valence-corrected chi connectivity index (χ4v) is 3.40. The maximum absolute atomic E-state index is 13.9. The lowest BCUT2D eigenvalue weighted by Gasteiger charge is -2.07. The van der Waals surface area contributed by atoms with Gasteiger partial charge in [0.15, 0.2) is 0 Å². The number of thiophene rings is 1. The molecule has 0 atom stereocenters. The van der Waals surface area contributed by atoms with E-state index in [1.165, 1.54) is 17.4 Å². The van der Waals surface area contributed by atoms with E-state index >= 15 is 0 Å². The number of hydrogen-bond acceptors (Lipinski definition) is 3. The molecule has 0 saturated carbocycles. The maximum Gasteiger partial charge on any atom is 0.336 e. The van der Waals surface area contributed by atoms with Gasteiger partial charge in [-0.3, -0.25) is 0 Å². The molecule has 21 heavy (non-hydrogen) atoms. The summed E-state index contributed by atoms with van der Waals surface area (Å²) >= 11 is 4.61. The van der Waals surface area contributed by atoms with Gasteiger partial charge in [-0.05, 0) is 40.2 Å². The van der Waals surface area contributed by atoms with Gasteiger partial charge in [0, 0.05) is 9.85 Å². The molecule has 106 valence electrons. The lowest BCUT2D eigenvalue weighted by molar-refractivity contribution is 0.0698. The van der Waals surface area contributed by atoms with E-state index in [1.807, 2.05) is 0 Å². The first-order chi connectivity index (χ1) is 9.97. The van der Waals surface area contributed by atoms with Gasteiger partial charge in [-0.25, -0.2) is 18.6 Å². The van der Waals surface area contributed by atoms with Crippen LogP contribution in [0.2, 0.25) is 0 Å². The van der Waals surface area contributed by atoms with Crippen molar-refractivity contribution in [3.63, 3.8) is 0 Å². The summed E-state index contributed by atoms with van der Waals surface area (Å²) in [4.78, 5) is 16.1. The van der Waals surface area contributed by atoms with Crippen molar-refractivity contribution >= 4 is 44.1 Å². The van der Waals surface area contributed by atoms with Crippen molar-refractivity contribution in [3.8, 4) is 10.6 Å². The van der Waals surface area contributed by atoms with Gasteiger partial charge in [0.25, 0.3) is 0 Å². The zero-order valence-electron chi connectivity index (χ0n) is 10.2. The van der Waals surface area contributed by atoms with Crippen LogP contribution in [0.25, 0.3) is 21.5 Å². The van der Waals surface area contributed by atoms with Gasteiger partial charge in [-0.2, -0.15) is 0 Å². The number of benzene rings is 1. The molecule has 1 aromatic carbocycles. The third-order valence-electron chi connectivity index (χ3n) is 2.91. The summed E-state index contributed by atoms with van der Waals surface area (Å²) in [7, 11) is 0. The Kier molecular flexibility index (Phi) is 3.46. The van der Waals surface area contributed by atoms with Crippen LogP contribution in [0.4, 0.5) is 8.78 Å². The highest BCUT2D eigenvalue weighted by molar-refractivity contribution is 9.10. The number of aromatic nitrogens is 1. The van der Waals surface area contributed by atoms with Gasteiger partial charge in [0.1, 0.15) is 17.2 Å². The number of fused-ring (bicyclic) bond motifs is 1. The monoisotopic (exact) mass is 369 g/mol. The summed E-state index contributed by atoms with van der Waals surface area (Å²) in [6.07, 6.45) is 0. The molecule has 2 heterocycles. The molecule has 0 aliphatic carbocycles. The average Bonchev–Trinajstić information content (AvgIpc) is 2.88. The Bertz CT molecular complexity index is 879. The lowest BCUT2D eigenvalue weighted by atomic mass is 10.1. The van der Waals surface area contributed by atoms with E-state index in [1.54, 1.807) is 11.4 Å². The standard InChI is InChI=1S/C14H6BrF2NO2S/c15-6-3-11(21-5-6)10-4-7(14(19)20)12-8(16)1-2-9(17)13(12)18-10/h1-5H,(H,19,20). The van der Waals surface area contributed by atoms with E-state index in [2.05, 4.69) is 20.9 Å². The van der Waals surface area contributed by atoms with Crippen LogP contribution in [0, 0.1) is 11.6 Å². The molecule has 3 nitrogen and oxygen atoms in total. The van der Waals surface area contributed by atoms with Crippen molar-refractivity contribution in [2.24, 2.45) is 0 Å². The molecule has 2 aromatic heterocycles. The van der Waals surface area contributed by atoms with Crippen LogP contribution in [-0.2, 0) is 0 Å². The van der Waals surface area contributed by atoms with E-state index in [4.69, 9.17) is 0 Å². The molecular formula is C14H6BrF2NO2S. The first-order valence-electron chi connectivity index (χ1n) is 5.74. The zero-order valence-corrected chi connectivity index (χ0v) is 12.6. The first kappa shape index (κ1) is 14.1. The number of halogens is 3. The van der Waals surface area contributed by atoms with Crippen molar-refractivity contribution in [1.82, 2.24) is 4.98 Å². The molecule has 0 saturated heterocycles. The molecule has 0 radical (unpaired) electrons. The fraction of sp³-hybridized carbons (Fsp3) is 0. The van der Waals surface area contributed by atoms with Gasteiger partial charge in [-0.1, -0.05) is 0 Å². The molecule has 1 N–H and O–H groups in total. The minimum absolute atomic E-state index is 0.283. The Morgan fingerprint density at radius 3 is 2.57 bits per heavy atom. The normalized spacial score (nSPS) is 11.0. The van der Waals surface area contributed by atoms with Gasteiger partial charge < -0.3 is 5.11 Å².